The lowest BCUT2D eigenvalue weighted by molar-refractivity contribution is -0.142. The van der Waals surface area contributed by atoms with Gasteiger partial charge in [0.15, 0.2) is 0 Å². The summed E-state index contributed by atoms with van der Waals surface area (Å²) >= 11 is 0. The highest BCUT2D eigenvalue weighted by Gasteiger charge is 2.24. The topological polar surface area (TPSA) is 55.4 Å². The number of aryl methyl sites for hydroxylation is 2. The van der Waals surface area contributed by atoms with Crippen LogP contribution in [0.3, 0.4) is 0 Å². The van der Waals surface area contributed by atoms with Crippen molar-refractivity contribution in [2.75, 3.05) is 7.11 Å². The van der Waals surface area contributed by atoms with E-state index in [0.717, 1.165) is 11.1 Å². The number of methoxy groups -OCH3 is 1. The van der Waals surface area contributed by atoms with Gasteiger partial charge in [0.05, 0.1) is 7.11 Å². The number of hydrogen-bond acceptors (Lipinski definition) is 3. The smallest absolute Gasteiger partial charge is 0.328 e. The van der Waals surface area contributed by atoms with Gasteiger partial charge in [0.25, 0.3) is 5.91 Å². The molecule has 0 saturated heterocycles. The standard InChI is InChI=1S/C19H20FNO3/c1-12-8-13(2)10-15(9-12)18(22)21-17(19(23)24-3)11-14-6-4-5-7-16(14)20/h4-10,17H,11H2,1-3H3,(H,21,22)/t17-/m1/s1. The molecule has 2 rings (SSSR count). The van der Waals surface area contributed by atoms with E-state index >= 15 is 0 Å². The van der Waals surface area contributed by atoms with E-state index in [-0.39, 0.29) is 6.42 Å². The fraction of sp³-hybridized carbons (Fsp3) is 0.263. The van der Waals surface area contributed by atoms with Crippen molar-refractivity contribution in [1.29, 1.82) is 0 Å². The summed E-state index contributed by atoms with van der Waals surface area (Å²) in [6.45, 7) is 3.78. The Balaban J connectivity index is 2.21. The molecule has 126 valence electrons. The Labute approximate surface area is 140 Å². The van der Waals surface area contributed by atoms with Crippen LogP contribution in [-0.4, -0.2) is 25.0 Å². The first-order valence-electron chi connectivity index (χ1n) is 7.61. The molecule has 2 aromatic rings. The lowest BCUT2D eigenvalue weighted by Gasteiger charge is -2.17. The van der Waals surface area contributed by atoms with Gasteiger partial charge < -0.3 is 10.1 Å². The molecule has 1 N–H and O–H groups in total. The minimum atomic E-state index is -0.958. The van der Waals surface area contributed by atoms with Crippen molar-refractivity contribution >= 4 is 11.9 Å². The summed E-state index contributed by atoms with van der Waals surface area (Å²) in [6.07, 6.45) is 0.0237. The molecular weight excluding hydrogens is 309 g/mol. The fourth-order valence-electron chi connectivity index (χ4n) is 2.57. The zero-order valence-electron chi connectivity index (χ0n) is 13.9. The average molecular weight is 329 g/mol. The highest BCUT2D eigenvalue weighted by atomic mass is 19.1. The van der Waals surface area contributed by atoms with Crippen molar-refractivity contribution in [3.63, 3.8) is 0 Å². The number of esters is 1. The maximum atomic E-state index is 13.8. The van der Waals surface area contributed by atoms with Gasteiger partial charge in [-0.25, -0.2) is 9.18 Å². The highest BCUT2D eigenvalue weighted by molar-refractivity contribution is 5.97. The SMILES string of the molecule is COC(=O)[C@@H](Cc1ccccc1F)NC(=O)c1cc(C)cc(C)c1. The molecule has 4 nitrogen and oxygen atoms in total. The Hall–Kier alpha value is -2.69. The Morgan fingerprint density at radius 3 is 2.33 bits per heavy atom. The van der Waals surface area contributed by atoms with Crippen LogP contribution in [-0.2, 0) is 16.0 Å². The molecule has 5 heteroatoms. The Morgan fingerprint density at radius 1 is 1.12 bits per heavy atom. The van der Waals surface area contributed by atoms with Crippen molar-refractivity contribution in [1.82, 2.24) is 5.32 Å². The van der Waals surface area contributed by atoms with Crippen LogP contribution >= 0.6 is 0 Å². The number of benzene rings is 2. The van der Waals surface area contributed by atoms with E-state index in [1.54, 1.807) is 30.3 Å². The van der Waals surface area contributed by atoms with Gasteiger partial charge in [-0.1, -0.05) is 35.4 Å². The normalized spacial score (nSPS) is 11.7. The molecule has 0 aliphatic carbocycles. The van der Waals surface area contributed by atoms with E-state index in [0.29, 0.717) is 11.1 Å². The first-order valence-corrected chi connectivity index (χ1v) is 7.61. The number of rotatable bonds is 5. The molecule has 0 fully saturated rings. The second-order valence-corrected chi connectivity index (χ2v) is 5.72. The summed E-state index contributed by atoms with van der Waals surface area (Å²) in [5, 5.41) is 2.63. The summed E-state index contributed by atoms with van der Waals surface area (Å²) < 4.78 is 18.6. The first-order chi connectivity index (χ1) is 11.4. The van der Waals surface area contributed by atoms with Gasteiger partial charge in [0.1, 0.15) is 11.9 Å². The monoisotopic (exact) mass is 329 g/mol. The minimum absolute atomic E-state index is 0.0237. The minimum Gasteiger partial charge on any atom is -0.467 e. The molecule has 1 atom stereocenters. The second kappa shape index (κ2) is 7.73. The molecule has 24 heavy (non-hydrogen) atoms. The molecule has 0 bridgehead atoms. The van der Waals surface area contributed by atoms with E-state index in [1.807, 2.05) is 19.9 Å². The molecule has 0 radical (unpaired) electrons. The van der Waals surface area contributed by atoms with E-state index < -0.39 is 23.7 Å². The van der Waals surface area contributed by atoms with Gasteiger partial charge >= 0.3 is 5.97 Å². The molecule has 0 aromatic heterocycles. The van der Waals surface area contributed by atoms with Crippen molar-refractivity contribution in [2.45, 2.75) is 26.3 Å². The maximum absolute atomic E-state index is 13.8. The quantitative estimate of drug-likeness (QED) is 0.858. The van der Waals surface area contributed by atoms with Crippen LogP contribution in [0.1, 0.15) is 27.0 Å². The van der Waals surface area contributed by atoms with Crippen LogP contribution in [0, 0.1) is 19.7 Å². The van der Waals surface area contributed by atoms with Gasteiger partial charge in [-0.05, 0) is 37.6 Å². The number of halogens is 1. The number of amides is 1. The van der Waals surface area contributed by atoms with Crippen LogP contribution in [0.25, 0.3) is 0 Å². The predicted molar refractivity (Wildman–Crippen MR) is 89.3 cm³/mol. The van der Waals surface area contributed by atoms with Gasteiger partial charge in [0.2, 0.25) is 0 Å². The summed E-state index contributed by atoms with van der Waals surface area (Å²) in [5.74, 6) is -1.43. The molecule has 0 aliphatic heterocycles. The molecule has 0 aliphatic rings. The number of ether oxygens (including phenoxy) is 1. The molecule has 0 heterocycles. The maximum Gasteiger partial charge on any atom is 0.328 e. The molecule has 0 spiro atoms. The van der Waals surface area contributed by atoms with Crippen molar-refractivity contribution < 1.29 is 18.7 Å². The molecule has 0 unspecified atom stereocenters. The molecular formula is C19H20FNO3. The van der Waals surface area contributed by atoms with E-state index in [4.69, 9.17) is 4.74 Å². The largest absolute Gasteiger partial charge is 0.467 e. The summed E-state index contributed by atoms with van der Waals surface area (Å²) in [6, 6.07) is 10.6. The van der Waals surface area contributed by atoms with Crippen molar-refractivity contribution in [2.24, 2.45) is 0 Å². The predicted octanol–water partition coefficient (Wildman–Crippen LogP) is 2.96. The zero-order chi connectivity index (χ0) is 17.7. The molecule has 2 aromatic carbocycles. The van der Waals surface area contributed by atoms with Crippen molar-refractivity contribution in [3.8, 4) is 0 Å². The molecule has 0 saturated carbocycles. The van der Waals surface area contributed by atoms with Crippen LogP contribution in [0.4, 0.5) is 4.39 Å². The van der Waals surface area contributed by atoms with Gasteiger partial charge in [0, 0.05) is 12.0 Å². The summed E-state index contributed by atoms with van der Waals surface area (Å²) in [5.41, 5.74) is 2.69. The average Bonchev–Trinajstić information content (AvgIpc) is 2.54. The third-order valence-electron chi connectivity index (χ3n) is 3.66. The number of hydrogen-bond donors (Lipinski definition) is 1. The Morgan fingerprint density at radius 2 is 1.75 bits per heavy atom. The van der Waals surface area contributed by atoms with Gasteiger partial charge in [-0.3, -0.25) is 4.79 Å². The third kappa shape index (κ3) is 4.41. The van der Waals surface area contributed by atoms with Crippen LogP contribution in [0.2, 0.25) is 0 Å². The third-order valence-corrected chi connectivity index (χ3v) is 3.66. The van der Waals surface area contributed by atoms with Crippen LogP contribution in [0.5, 0.6) is 0 Å². The highest BCUT2D eigenvalue weighted by Crippen LogP contribution is 2.12. The summed E-state index contributed by atoms with van der Waals surface area (Å²) in [4.78, 5) is 24.4. The number of carbonyl (C=O) groups excluding carboxylic acids is 2. The Kier molecular flexibility index (Phi) is 5.68. The number of nitrogens with one attached hydrogen (secondary N) is 1. The summed E-state index contributed by atoms with van der Waals surface area (Å²) in [7, 11) is 1.24. The van der Waals surface area contributed by atoms with Crippen molar-refractivity contribution in [3.05, 3.63) is 70.5 Å². The zero-order valence-corrected chi connectivity index (χ0v) is 13.9. The second-order valence-electron chi connectivity index (χ2n) is 5.72. The lowest BCUT2D eigenvalue weighted by atomic mass is 10.0. The first kappa shape index (κ1) is 17.7. The van der Waals surface area contributed by atoms with E-state index in [1.165, 1.54) is 13.2 Å². The van der Waals surface area contributed by atoms with E-state index in [9.17, 15) is 14.0 Å². The molecule has 1 amide bonds. The van der Waals surface area contributed by atoms with Gasteiger partial charge in [-0.15, -0.1) is 0 Å². The lowest BCUT2D eigenvalue weighted by Crippen LogP contribution is -2.43. The fourth-order valence-corrected chi connectivity index (χ4v) is 2.57. The van der Waals surface area contributed by atoms with Crippen LogP contribution < -0.4 is 5.32 Å². The number of carbonyl (C=O) groups is 2. The van der Waals surface area contributed by atoms with E-state index in [2.05, 4.69) is 5.32 Å². The van der Waals surface area contributed by atoms with Crippen LogP contribution in [0.15, 0.2) is 42.5 Å². The Bertz CT molecular complexity index is 738. The van der Waals surface area contributed by atoms with Gasteiger partial charge in [-0.2, -0.15) is 0 Å².